The molecular formula is C14H19N3O2. The smallest absolute Gasteiger partial charge is 0.241 e. The zero-order valence-corrected chi connectivity index (χ0v) is 11.3. The van der Waals surface area contributed by atoms with Crippen LogP contribution >= 0.6 is 0 Å². The van der Waals surface area contributed by atoms with Gasteiger partial charge in [0.05, 0.1) is 17.4 Å². The summed E-state index contributed by atoms with van der Waals surface area (Å²) in [6.45, 7) is 2.51. The van der Waals surface area contributed by atoms with E-state index >= 15 is 0 Å². The van der Waals surface area contributed by atoms with E-state index < -0.39 is 0 Å². The Morgan fingerprint density at radius 1 is 1.37 bits per heavy atom. The van der Waals surface area contributed by atoms with E-state index in [1.165, 1.54) is 0 Å². The number of hydrogen-bond donors (Lipinski definition) is 2. The summed E-state index contributed by atoms with van der Waals surface area (Å²) >= 11 is 0. The summed E-state index contributed by atoms with van der Waals surface area (Å²) in [7, 11) is 1.74. The van der Waals surface area contributed by atoms with Crippen LogP contribution in [0.25, 0.3) is 0 Å². The van der Waals surface area contributed by atoms with Crippen LogP contribution in [0.4, 0.5) is 11.4 Å². The second-order valence-electron chi connectivity index (χ2n) is 4.67. The molecule has 1 aromatic rings. The van der Waals surface area contributed by atoms with Crippen LogP contribution in [0.3, 0.4) is 0 Å². The molecule has 5 nitrogen and oxygen atoms in total. The zero-order chi connectivity index (χ0) is 13.8. The van der Waals surface area contributed by atoms with Gasteiger partial charge in [0.2, 0.25) is 11.8 Å². The van der Waals surface area contributed by atoms with Crippen molar-refractivity contribution < 1.29 is 9.59 Å². The van der Waals surface area contributed by atoms with E-state index in [0.717, 1.165) is 12.1 Å². The number of nitrogens with zero attached hydrogens (tertiary/aromatic N) is 1. The lowest BCUT2D eigenvalue weighted by Gasteiger charge is -2.21. The van der Waals surface area contributed by atoms with Crippen LogP contribution in [-0.2, 0) is 9.59 Å². The van der Waals surface area contributed by atoms with Crippen molar-refractivity contribution in [1.29, 1.82) is 0 Å². The standard InChI is InChI=1S/C14H19N3O2/c1-10(15-2)14(19)16-11-6-3-4-7-12(11)17-9-5-8-13(17)18/h3-4,6-7,10,15H,5,8-9H2,1-2H3,(H,16,19). The predicted octanol–water partition coefficient (Wildman–Crippen LogP) is 1.36. The number of para-hydroxylation sites is 2. The lowest BCUT2D eigenvalue weighted by molar-refractivity contribution is -0.118. The minimum atomic E-state index is -0.276. The highest BCUT2D eigenvalue weighted by Gasteiger charge is 2.24. The van der Waals surface area contributed by atoms with Gasteiger partial charge in [-0.15, -0.1) is 0 Å². The van der Waals surface area contributed by atoms with E-state index in [1.807, 2.05) is 24.3 Å². The van der Waals surface area contributed by atoms with E-state index in [9.17, 15) is 9.59 Å². The number of rotatable bonds is 4. The van der Waals surface area contributed by atoms with E-state index in [-0.39, 0.29) is 17.9 Å². The van der Waals surface area contributed by atoms with E-state index in [2.05, 4.69) is 10.6 Å². The fourth-order valence-corrected chi connectivity index (χ4v) is 2.09. The van der Waals surface area contributed by atoms with Crippen molar-refractivity contribution >= 4 is 23.2 Å². The second-order valence-corrected chi connectivity index (χ2v) is 4.67. The van der Waals surface area contributed by atoms with Crippen LogP contribution < -0.4 is 15.5 Å². The molecule has 1 aromatic carbocycles. The van der Waals surface area contributed by atoms with Crippen LogP contribution in [0.1, 0.15) is 19.8 Å². The van der Waals surface area contributed by atoms with Gasteiger partial charge in [0.25, 0.3) is 0 Å². The number of benzene rings is 1. The minimum absolute atomic E-state index is 0.110. The maximum absolute atomic E-state index is 11.9. The molecule has 1 fully saturated rings. The molecule has 0 radical (unpaired) electrons. The van der Waals surface area contributed by atoms with Gasteiger partial charge in [0.15, 0.2) is 0 Å². The van der Waals surface area contributed by atoms with Crippen molar-refractivity contribution in [2.45, 2.75) is 25.8 Å². The van der Waals surface area contributed by atoms with Crippen molar-refractivity contribution in [3.63, 3.8) is 0 Å². The van der Waals surface area contributed by atoms with E-state index in [4.69, 9.17) is 0 Å². The van der Waals surface area contributed by atoms with E-state index in [0.29, 0.717) is 18.7 Å². The third-order valence-electron chi connectivity index (χ3n) is 3.35. The Labute approximate surface area is 113 Å². The molecule has 1 atom stereocenters. The molecule has 1 aliphatic rings. The van der Waals surface area contributed by atoms with Crippen molar-refractivity contribution in [2.24, 2.45) is 0 Å². The number of amides is 2. The quantitative estimate of drug-likeness (QED) is 0.860. The average Bonchev–Trinajstić information content (AvgIpc) is 2.84. The van der Waals surface area contributed by atoms with Gasteiger partial charge in [0, 0.05) is 13.0 Å². The molecule has 1 unspecified atom stereocenters. The van der Waals surface area contributed by atoms with Gasteiger partial charge in [0.1, 0.15) is 0 Å². The Kier molecular flexibility index (Phi) is 4.16. The molecule has 1 saturated heterocycles. The molecule has 0 spiro atoms. The topological polar surface area (TPSA) is 61.4 Å². The first-order chi connectivity index (χ1) is 9.13. The molecular weight excluding hydrogens is 242 g/mol. The molecule has 2 N–H and O–H groups in total. The predicted molar refractivity (Wildman–Crippen MR) is 75.2 cm³/mol. The molecule has 5 heteroatoms. The highest BCUT2D eigenvalue weighted by atomic mass is 16.2. The van der Waals surface area contributed by atoms with Crippen molar-refractivity contribution in [1.82, 2.24) is 5.32 Å². The first-order valence-corrected chi connectivity index (χ1v) is 6.51. The van der Waals surface area contributed by atoms with E-state index in [1.54, 1.807) is 18.9 Å². The molecule has 19 heavy (non-hydrogen) atoms. The van der Waals surface area contributed by atoms with Gasteiger partial charge in [-0.25, -0.2) is 0 Å². The van der Waals surface area contributed by atoms with Crippen molar-refractivity contribution in [2.75, 3.05) is 23.8 Å². The number of carbonyl (C=O) groups excluding carboxylic acids is 2. The Hall–Kier alpha value is -1.88. The first-order valence-electron chi connectivity index (χ1n) is 6.51. The second kappa shape index (κ2) is 5.84. The van der Waals surface area contributed by atoms with Gasteiger partial charge in [-0.1, -0.05) is 12.1 Å². The Morgan fingerprint density at radius 2 is 2.11 bits per heavy atom. The third kappa shape index (κ3) is 2.93. The Balaban J connectivity index is 2.21. The largest absolute Gasteiger partial charge is 0.323 e. The summed E-state index contributed by atoms with van der Waals surface area (Å²) in [5.74, 6) is 0.00459. The summed E-state index contributed by atoms with van der Waals surface area (Å²) in [5.41, 5.74) is 1.46. The number of anilines is 2. The summed E-state index contributed by atoms with van der Waals surface area (Å²) in [5, 5.41) is 5.75. The molecule has 0 bridgehead atoms. The highest BCUT2D eigenvalue weighted by Crippen LogP contribution is 2.29. The number of nitrogens with one attached hydrogen (secondary N) is 2. The highest BCUT2D eigenvalue weighted by molar-refractivity contribution is 6.03. The molecule has 102 valence electrons. The lowest BCUT2D eigenvalue weighted by Crippen LogP contribution is -2.36. The molecule has 1 aliphatic heterocycles. The molecule has 1 heterocycles. The fourth-order valence-electron chi connectivity index (χ4n) is 2.09. The normalized spacial score (nSPS) is 16.5. The van der Waals surface area contributed by atoms with Gasteiger partial charge in [-0.05, 0) is 32.5 Å². The number of likely N-dealkylation sites (N-methyl/N-ethyl adjacent to an activating group) is 1. The Bertz CT molecular complexity index is 487. The van der Waals surface area contributed by atoms with Crippen molar-refractivity contribution in [3.05, 3.63) is 24.3 Å². The van der Waals surface area contributed by atoms with Gasteiger partial charge in [-0.3, -0.25) is 9.59 Å². The van der Waals surface area contributed by atoms with Crippen LogP contribution in [0, 0.1) is 0 Å². The van der Waals surface area contributed by atoms with Gasteiger partial charge < -0.3 is 15.5 Å². The average molecular weight is 261 g/mol. The molecule has 2 amide bonds. The number of carbonyl (C=O) groups is 2. The summed E-state index contributed by atoms with van der Waals surface area (Å²) in [6, 6.07) is 7.13. The molecule has 0 saturated carbocycles. The van der Waals surface area contributed by atoms with Gasteiger partial charge >= 0.3 is 0 Å². The van der Waals surface area contributed by atoms with Gasteiger partial charge in [-0.2, -0.15) is 0 Å². The van der Waals surface area contributed by atoms with Crippen LogP contribution in [0.15, 0.2) is 24.3 Å². The maximum atomic E-state index is 11.9. The number of hydrogen-bond acceptors (Lipinski definition) is 3. The van der Waals surface area contributed by atoms with Crippen LogP contribution in [0.2, 0.25) is 0 Å². The molecule has 2 rings (SSSR count). The minimum Gasteiger partial charge on any atom is -0.323 e. The lowest BCUT2D eigenvalue weighted by atomic mass is 10.2. The summed E-state index contributed by atoms with van der Waals surface area (Å²) in [6.07, 6.45) is 1.45. The van der Waals surface area contributed by atoms with Crippen LogP contribution in [-0.4, -0.2) is 31.4 Å². The summed E-state index contributed by atoms with van der Waals surface area (Å²) < 4.78 is 0. The fraction of sp³-hybridized carbons (Fsp3) is 0.429. The maximum Gasteiger partial charge on any atom is 0.241 e. The SMILES string of the molecule is CNC(C)C(=O)Nc1ccccc1N1CCCC1=O. The first kappa shape index (κ1) is 13.5. The van der Waals surface area contributed by atoms with Crippen LogP contribution in [0.5, 0.6) is 0 Å². The molecule has 0 aliphatic carbocycles. The van der Waals surface area contributed by atoms with Crippen molar-refractivity contribution in [3.8, 4) is 0 Å². The summed E-state index contributed by atoms with van der Waals surface area (Å²) in [4.78, 5) is 25.5. The Morgan fingerprint density at radius 3 is 2.74 bits per heavy atom. The zero-order valence-electron chi connectivity index (χ0n) is 11.3. The monoisotopic (exact) mass is 261 g/mol. The molecule has 0 aromatic heterocycles. The third-order valence-corrected chi connectivity index (χ3v) is 3.35.